The van der Waals surface area contributed by atoms with Crippen LogP contribution in [0, 0.1) is 11.3 Å². The standard InChI is InChI=1S/C19H16N6/c20-8-9-22-18-19-23-12-17(14-5-3-4-13(10-14)11-21)25(19)16-7-2-1-6-15(16)24-18/h1-7,10,12H,8-9,20H2,(H,22,24). The summed E-state index contributed by atoms with van der Waals surface area (Å²) in [5.41, 5.74) is 10.7. The lowest BCUT2D eigenvalue weighted by Crippen LogP contribution is -2.15. The summed E-state index contributed by atoms with van der Waals surface area (Å²) >= 11 is 0. The predicted molar refractivity (Wildman–Crippen MR) is 98.2 cm³/mol. The minimum atomic E-state index is 0.512. The molecule has 0 fully saturated rings. The van der Waals surface area contributed by atoms with Crippen LogP contribution in [0.15, 0.2) is 54.7 Å². The van der Waals surface area contributed by atoms with Crippen LogP contribution in [-0.2, 0) is 0 Å². The molecule has 0 aliphatic rings. The number of rotatable bonds is 4. The monoisotopic (exact) mass is 328 g/mol. The number of nitrogens with zero attached hydrogens (tertiary/aromatic N) is 4. The first kappa shape index (κ1) is 15.1. The van der Waals surface area contributed by atoms with Gasteiger partial charge in [0.05, 0.1) is 34.6 Å². The highest BCUT2D eigenvalue weighted by Gasteiger charge is 2.14. The fourth-order valence-electron chi connectivity index (χ4n) is 2.94. The van der Waals surface area contributed by atoms with Gasteiger partial charge in [-0.05, 0) is 24.3 Å². The molecule has 0 radical (unpaired) electrons. The van der Waals surface area contributed by atoms with E-state index in [0.717, 1.165) is 27.9 Å². The Balaban J connectivity index is 2.03. The first-order valence-corrected chi connectivity index (χ1v) is 8.02. The van der Waals surface area contributed by atoms with Gasteiger partial charge in [0.1, 0.15) is 0 Å². The Morgan fingerprint density at radius 3 is 2.88 bits per heavy atom. The number of nitrogens with two attached hydrogens (primary N) is 1. The number of benzene rings is 2. The number of hydrogen-bond acceptors (Lipinski definition) is 5. The molecule has 0 aliphatic heterocycles. The summed E-state index contributed by atoms with van der Waals surface area (Å²) in [6.45, 7) is 1.13. The molecule has 2 aromatic heterocycles. The number of nitrogens with one attached hydrogen (secondary N) is 1. The van der Waals surface area contributed by atoms with E-state index in [1.807, 2.05) is 48.7 Å². The van der Waals surface area contributed by atoms with Crippen LogP contribution in [0.4, 0.5) is 5.82 Å². The molecule has 0 saturated carbocycles. The maximum atomic E-state index is 9.18. The van der Waals surface area contributed by atoms with Crippen molar-refractivity contribution in [2.45, 2.75) is 0 Å². The molecule has 0 amide bonds. The van der Waals surface area contributed by atoms with Crippen LogP contribution < -0.4 is 11.1 Å². The van der Waals surface area contributed by atoms with E-state index in [1.165, 1.54) is 0 Å². The van der Waals surface area contributed by atoms with Crippen molar-refractivity contribution in [1.29, 1.82) is 5.26 Å². The van der Waals surface area contributed by atoms with Crippen molar-refractivity contribution in [1.82, 2.24) is 14.4 Å². The van der Waals surface area contributed by atoms with Crippen molar-refractivity contribution in [3.63, 3.8) is 0 Å². The highest BCUT2D eigenvalue weighted by Crippen LogP contribution is 2.28. The highest BCUT2D eigenvalue weighted by atomic mass is 15.1. The molecule has 0 bridgehead atoms. The number of hydrogen-bond donors (Lipinski definition) is 2. The lowest BCUT2D eigenvalue weighted by molar-refractivity contribution is 1.01. The van der Waals surface area contributed by atoms with Gasteiger partial charge in [-0.3, -0.25) is 4.40 Å². The Hall–Kier alpha value is -3.43. The van der Waals surface area contributed by atoms with Crippen molar-refractivity contribution in [3.8, 4) is 17.3 Å². The molecule has 2 heterocycles. The second-order valence-electron chi connectivity index (χ2n) is 5.66. The molecular weight excluding hydrogens is 312 g/mol. The number of imidazole rings is 1. The van der Waals surface area contributed by atoms with Gasteiger partial charge in [-0.25, -0.2) is 9.97 Å². The Kier molecular flexibility index (Phi) is 3.77. The average Bonchev–Trinajstić information content (AvgIpc) is 3.12. The second-order valence-corrected chi connectivity index (χ2v) is 5.66. The van der Waals surface area contributed by atoms with Crippen LogP contribution in [0.2, 0.25) is 0 Å². The molecule has 4 rings (SSSR count). The zero-order valence-electron chi connectivity index (χ0n) is 13.5. The van der Waals surface area contributed by atoms with E-state index in [9.17, 15) is 5.26 Å². The SMILES string of the molecule is N#Cc1cccc(-c2cnc3c(NCCN)nc4ccccc4n23)c1. The van der Waals surface area contributed by atoms with Gasteiger partial charge in [0.25, 0.3) is 0 Å². The lowest BCUT2D eigenvalue weighted by atomic mass is 10.1. The third-order valence-corrected chi connectivity index (χ3v) is 4.05. The average molecular weight is 328 g/mol. The summed E-state index contributed by atoms with van der Waals surface area (Å²) in [7, 11) is 0. The van der Waals surface area contributed by atoms with Crippen LogP contribution in [-0.4, -0.2) is 27.5 Å². The zero-order valence-corrected chi connectivity index (χ0v) is 13.5. The number of anilines is 1. The van der Waals surface area contributed by atoms with Crippen molar-refractivity contribution in [2.75, 3.05) is 18.4 Å². The summed E-state index contributed by atoms with van der Waals surface area (Å²) in [6.07, 6.45) is 1.81. The van der Waals surface area contributed by atoms with Crippen LogP contribution in [0.1, 0.15) is 5.56 Å². The number of nitriles is 1. The van der Waals surface area contributed by atoms with E-state index in [4.69, 9.17) is 5.73 Å². The smallest absolute Gasteiger partial charge is 0.181 e. The molecule has 4 aromatic rings. The fourth-order valence-corrected chi connectivity index (χ4v) is 2.94. The Morgan fingerprint density at radius 1 is 1.16 bits per heavy atom. The molecular formula is C19H16N6. The summed E-state index contributed by atoms with van der Waals surface area (Å²) in [5, 5.41) is 12.4. The van der Waals surface area contributed by atoms with E-state index < -0.39 is 0 Å². The molecule has 122 valence electrons. The van der Waals surface area contributed by atoms with Gasteiger partial charge in [-0.15, -0.1) is 0 Å². The zero-order chi connectivity index (χ0) is 17.2. The van der Waals surface area contributed by atoms with E-state index in [-0.39, 0.29) is 0 Å². The molecule has 0 unspecified atom stereocenters. The van der Waals surface area contributed by atoms with Crippen molar-refractivity contribution < 1.29 is 0 Å². The van der Waals surface area contributed by atoms with Gasteiger partial charge >= 0.3 is 0 Å². The highest BCUT2D eigenvalue weighted by molar-refractivity contribution is 5.86. The van der Waals surface area contributed by atoms with E-state index in [1.54, 1.807) is 6.07 Å². The van der Waals surface area contributed by atoms with Crippen molar-refractivity contribution >= 4 is 22.5 Å². The van der Waals surface area contributed by atoms with Crippen LogP contribution in [0.25, 0.3) is 27.9 Å². The Bertz CT molecular complexity index is 1110. The molecule has 6 heteroatoms. The van der Waals surface area contributed by atoms with Crippen molar-refractivity contribution in [3.05, 3.63) is 60.3 Å². The Labute approximate surface area is 144 Å². The van der Waals surface area contributed by atoms with Gasteiger partial charge in [-0.1, -0.05) is 24.3 Å². The summed E-state index contributed by atoms with van der Waals surface area (Å²) in [6, 6.07) is 17.6. The van der Waals surface area contributed by atoms with Gasteiger partial charge in [0, 0.05) is 18.7 Å². The molecule has 6 nitrogen and oxygen atoms in total. The molecule has 25 heavy (non-hydrogen) atoms. The van der Waals surface area contributed by atoms with Gasteiger partial charge in [0.15, 0.2) is 11.5 Å². The summed E-state index contributed by atoms with van der Waals surface area (Å²) in [5.74, 6) is 0.701. The molecule has 0 atom stereocenters. The summed E-state index contributed by atoms with van der Waals surface area (Å²) in [4.78, 5) is 9.25. The maximum absolute atomic E-state index is 9.18. The van der Waals surface area contributed by atoms with Crippen LogP contribution >= 0.6 is 0 Å². The van der Waals surface area contributed by atoms with Gasteiger partial charge in [-0.2, -0.15) is 5.26 Å². The molecule has 0 aliphatic carbocycles. The molecule has 0 saturated heterocycles. The van der Waals surface area contributed by atoms with E-state index in [0.29, 0.717) is 24.5 Å². The summed E-state index contributed by atoms with van der Waals surface area (Å²) < 4.78 is 2.07. The largest absolute Gasteiger partial charge is 0.366 e. The lowest BCUT2D eigenvalue weighted by Gasteiger charge is -2.11. The molecule has 2 aromatic carbocycles. The minimum absolute atomic E-state index is 0.512. The normalized spacial score (nSPS) is 10.9. The van der Waals surface area contributed by atoms with Crippen molar-refractivity contribution in [2.24, 2.45) is 5.73 Å². The first-order valence-electron chi connectivity index (χ1n) is 8.02. The first-order chi connectivity index (χ1) is 12.3. The molecule has 3 N–H and O–H groups in total. The quantitative estimate of drug-likeness (QED) is 0.601. The van der Waals surface area contributed by atoms with Crippen LogP contribution in [0.3, 0.4) is 0 Å². The fraction of sp³-hybridized carbons (Fsp3) is 0.105. The number of fused-ring (bicyclic) bond motifs is 3. The number of aromatic nitrogens is 3. The Morgan fingerprint density at radius 2 is 2.04 bits per heavy atom. The third-order valence-electron chi connectivity index (χ3n) is 4.05. The predicted octanol–water partition coefficient (Wildman–Crippen LogP) is 2.79. The maximum Gasteiger partial charge on any atom is 0.181 e. The topological polar surface area (TPSA) is 92.0 Å². The van der Waals surface area contributed by atoms with Crippen LogP contribution in [0.5, 0.6) is 0 Å². The van der Waals surface area contributed by atoms with E-state index >= 15 is 0 Å². The van der Waals surface area contributed by atoms with Gasteiger partial charge < -0.3 is 11.1 Å². The molecule has 0 spiro atoms. The van der Waals surface area contributed by atoms with Gasteiger partial charge in [0.2, 0.25) is 0 Å². The number of para-hydroxylation sites is 2. The third kappa shape index (κ3) is 2.57. The second kappa shape index (κ2) is 6.23. The van der Waals surface area contributed by atoms with E-state index in [2.05, 4.69) is 25.8 Å². The minimum Gasteiger partial charge on any atom is -0.366 e.